The third kappa shape index (κ3) is 8.31. The zero-order chi connectivity index (χ0) is 28.4. The number of alkyl halides is 2. The summed E-state index contributed by atoms with van der Waals surface area (Å²) in [5.41, 5.74) is 1.24. The van der Waals surface area contributed by atoms with Crippen molar-refractivity contribution in [3.63, 3.8) is 0 Å². The lowest BCUT2D eigenvalue weighted by Crippen LogP contribution is -2.60. The normalized spacial score (nSPS) is 15.3. The van der Waals surface area contributed by atoms with Gasteiger partial charge in [0.2, 0.25) is 11.7 Å². The number of hydrogen-bond acceptors (Lipinski definition) is 6. The molecule has 2 aromatic rings. The van der Waals surface area contributed by atoms with Crippen LogP contribution in [0.5, 0.6) is 0 Å². The average Bonchev–Trinajstić information content (AvgIpc) is 2.95. The number of nitrogens with one attached hydrogen (secondary N) is 2. The first-order valence-corrected chi connectivity index (χ1v) is 12.7. The van der Waals surface area contributed by atoms with E-state index in [0.29, 0.717) is 5.56 Å². The second-order valence-corrected chi connectivity index (χ2v) is 9.52. The van der Waals surface area contributed by atoms with Crippen molar-refractivity contribution in [1.82, 2.24) is 15.5 Å². The molecule has 0 aliphatic carbocycles. The number of benzene rings is 2. The van der Waals surface area contributed by atoms with Crippen molar-refractivity contribution in [2.45, 2.75) is 44.9 Å². The number of morpholine rings is 1. The molecule has 1 fully saturated rings. The predicted octanol–water partition coefficient (Wildman–Crippen LogP) is 2.73. The van der Waals surface area contributed by atoms with E-state index < -0.39 is 47.6 Å². The molecule has 0 saturated carbocycles. The van der Waals surface area contributed by atoms with E-state index in [-0.39, 0.29) is 39.3 Å². The Balaban J connectivity index is 1.74. The van der Waals surface area contributed by atoms with E-state index in [2.05, 4.69) is 10.6 Å². The highest BCUT2D eigenvalue weighted by Gasteiger charge is 2.52. The molecule has 2 aromatic carbocycles. The van der Waals surface area contributed by atoms with Crippen LogP contribution in [0.15, 0.2) is 60.7 Å². The molecule has 0 spiro atoms. The molecule has 3 amide bonds. The highest BCUT2D eigenvalue weighted by atomic mass is 19.3. The van der Waals surface area contributed by atoms with Gasteiger partial charge in [-0.2, -0.15) is 8.78 Å². The van der Waals surface area contributed by atoms with Crippen LogP contribution in [0.3, 0.4) is 0 Å². The summed E-state index contributed by atoms with van der Waals surface area (Å²) in [5.74, 6) is -9.07. The highest BCUT2D eigenvalue weighted by molar-refractivity contribution is 6.10. The van der Waals surface area contributed by atoms with Gasteiger partial charge in [-0.25, -0.2) is 4.79 Å². The largest absolute Gasteiger partial charge is 0.445 e. The summed E-state index contributed by atoms with van der Waals surface area (Å²) < 4.78 is 40.7. The predicted molar refractivity (Wildman–Crippen MR) is 138 cm³/mol. The molecule has 0 aromatic heterocycles. The molecule has 2 atom stereocenters. The van der Waals surface area contributed by atoms with Crippen molar-refractivity contribution >= 4 is 23.7 Å². The van der Waals surface area contributed by atoms with E-state index in [1.54, 1.807) is 68.4 Å². The Kier molecular flexibility index (Phi) is 10.5. The van der Waals surface area contributed by atoms with Crippen molar-refractivity contribution in [2.75, 3.05) is 26.3 Å². The van der Waals surface area contributed by atoms with Gasteiger partial charge < -0.3 is 25.0 Å². The van der Waals surface area contributed by atoms with E-state index in [4.69, 9.17) is 9.47 Å². The van der Waals surface area contributed by atoms with E-state index >= 15 is 8.78 Å². The molecule has 0 bridgehead atoms. The quantitative estimate of drug-likeness (QED) is 0.420. The molecular formula is C28H33F2N3O6. The molecule has 1 aliphatic heterocycles. The second-order valence-electron chi connectivity index (χ2n) is 9.52. The number of halogens is 2. The summed E-state index contributed by atoms with van der Waals surface area (Å²) in [4.78, 5) is 52.2. The molecular weight excluding hydrogens is 512 g/mol. The van der Waals surface area contributed by atoms with Gasteiger partial charge in [-0.3, -0.25) is 14.4 Å². The summed E-state index contributed by atoms with van der Waals surface area (Å²) in [6, 6.07) is 14.3. The van der Waals surface area contributed by atoms with E-state index in [9.17, 15) is 19.2 Å². The Morgan fingerprint density at radius 1 is 0.923 bits per heavy atom. The topological polar surface area (TPSA) is 114 Å². The van der Waals surface area contributed by atoms with E-state index in [1.165, 1.54) is 0 Å². The standard InChI is InChI=1S/C28H33F2N3O6/c1-19(2)23(32-27(37)39-18-21-11-7-4-8-12-21)25(35)31-22(17-20-9-5-3-6-10-20)24(34)28(29,30)26(36)33-13-15-38-16-14-33/h3-12,19,22-23H,13-18H2,1-2H3,(H,31,35)(H,32,37)/t22?,23-/m0/s1. The number of alkyl carbamates (subject to hydrolysis) is 1. The van der Waals surface area contributed by atoms with Gasteiger partial charge in [-0.05, 0) is 17.0 Å². The Bertz CT molecular complexity index is 1120. The number of rotatable bonds is 11. The smallest absolute Gasteiger partial charge is 0.408 e. The minimum absolute atomic E-state index is 0.0376. The monoisotopic (exact) mass is 545 g/mol. The zero-order valence-electron chi connectivity index (χ0n) is 21.9. The molecule has 9 nitrogen and oxygen atoms in total. The van der Waals surface area contributed by atoms with Crippen LogP contribution in [0.25, 0.3) is 0 Å². The summed E-state index contributed by atoms with van der Waals surface area (Å²) in [7, 11) is 0. The molecule has 1 heterocycles. The molecule has 1 aliphatic rings. The van der Waals surface area contributed by atoms with Gasteiger partial charge in [0.05, 0.1) is 19.3 Å². The molecule has 1 saturated heterocycles. The SMILES string of the molecule is CC(C)[C@H](NC(=O)OCc1ccccc1)C(=O)NC(Cc1ccccc1)C(=O)C(F)(F)C(=O)N1CCOCC1. The molecule has 2 N–H and O–H groups in total. The third-order valence-electron chi connectivity index (χ3n) is 6.23. The number of ether oxygens (including phenoxy) is 2. The van der Waals surface area contributed by atoms with Crippen LogP contribution in [-0.4, -0.2) is 72.9 Å². The first-order chi connectivity index (χ1) is 18.6. The fraction of sp³-hybridized carbons (Fsp3) is 0.429. The fourth-order valence-electron chi connectivity index (χ4n) is 4.04. The van der Waals surface area contributed by atoms with Gasteiger partial charge in [0.1, 0.15) is 12.6 Å². The third-order valence-corrected chi connectivity index (χ3v) is 6.23. The van der Waals surface area contributed by atoms with Crippen molar-refractivity contribution in [3.05, 3.63) is 71.8 Å². The van der Waals surface area contributed by atoms with Crippen LogP contribution in [0, 0.1) is 5.92 Å². The lowest BCUT2D eigenvalue weighted by atomic mass is 9.96. The number of ketones is 1. The number of carbonyl (C=O) groups excluding carboxylic acids is 4. The maximum absolute atomic E-state index is 15.2. The molecule has 1 unspecified atom stereocenters. The summed E-state index contributed by atoms with van der Waals surface area (Å²) in [6.07, 6.45) is -1.16. The van der Waals surface area contributed by atoms with Crippen LogP contribution in [0.4, 0.5) is 13.6 Å². The Labute approximate surface area is 225 Å². The van der Waals surface area contributed by atoms with Gasteiger partial charge in [0, 0.05) is 19.5 Å². The van der Waals surface area contributed by atoms with Crippen molar-refractivity contribution in [3.8, 4) is 0 Å². The number of amides is 3. The summed E-state index contributed by atoms with van der Waals surface area (Å²) in [6.45, 7) is 3.29. The Morgan fingerprint density at radius 3 is 2.05 bits per heavy atom. The second kappa shape index (κ2) is 13.8. The Hall–Kier alpha value is -3.86. The minimum atomic E-state index is -4.38. The van der Waals surface area contributed by atoms with Crippen LogP contribution in [0.1, 0.15) is 25.0 Å². The van der Waals surface area contributed by atoms with Crippen molar-refractivity contribution in [1.29, 1.82) is 0 Å². The molecule has 0 radical (unpaired) electrons. The first-order valence-electron chi connectivity index (χ1n) is 12.7. The first kappa shape index (κ1) is 29.7. The summed E-state index contributed by atoms with van der Waals surface area (Å²) >= 11 is 0. The average molecular weight is 546 g/mol. The van der Waals surface area contributed by atoms with Gasteiger partial charge in [-0.15, -0.1) is 0 Å². The maximum Gasteiger partial charge on any atom is 0.408 e. The van der Waals surface area contributed by atoms with Gasteiger partial charge in [0.15, 0.2) is 0 Å². The van der Waals surface area contributed by atoms with Gasteiger partial charge in [0.25, 0.3) is 0 Å². The van der Waals surface area contributed by atoms with E-state index in [0.717, 1.165) is 10.5 Å². The zero-order valence-corrected chi connectivity index (χ0v) is 21.9. The van der Waals surface area contributed by atoms with Crippen LogP contribution < -0.4 is 10.6 Å². The molecule has 39 heavy (non-hydrogen) atoms. The van der Waals surface area contributed by atoms with Crippen LogP contribution >= 0.6 is 0 Å². The lowest BCUT2D eigenvalue weighted by molar-refractivity contribution is -0.170. The number of carbonyl (C=O) groups is 4. The number of hydrogen-bond donors (Lipinski definition) is 2. The van der Waals surface area contributed by atoms with E-state index in [1.807, 2.05) is 6.07 Å². The number of Topliss-reactive ketones (excluding diaryl/α,β-unsaturated/α-hetero) is 1. The highest BCUT2D eigenvalue weighted by Crippen LogP contribution is 2.23. The van der Waals surface area contributed by atoms with Gasteiger partial charge in [-0.1, -0.05) is 74.5 Å². The summed E-state index contributed by atoms with van der Waals surface area (Å²) in [5, 5.41) is 4.80. The molecule has 210 valence electrons. The fourth-order valence-corrected chi connectivity index (χ4v) is 4.04. The maximum atomic E-state index is 15.2. The van der Waals surface area contributed by atoms with Crippen molar-refractivity contribution in [2.24, 2.45) is 5.92 Å². The van der Waals surface area contributed by atoms with Gasteiger partial charge >= 0.3 is 17.9 Å². The van der Waals surface area contributed by atoms with Crippen molar-refractivity contribution < 1.29 is 37.4 Å². The number of nitrogens with zero attached hydrogens (tertiary/aromatic N) is 1. The lowest BCUT2D eigenvalue weighted by Gasteiger charge is -2.31. The Morgan fingerprint density at radius 2 is 1.49 bits per heavy atom. The van der Waals surface area contributed by atoms with Crippen LogP contribution in [-0.2, 0) is 36.9 Å². The van der Waals surface area contributed by atoms with Crippen LogP contribution in [0.2, 0.25) is 0 Å². The minimum Gasteiger partial charge on any atom is -0.445 e. The molecule has 11 heteroatoms. The molecule has 3 rings (SSSR count).